The van der Waals surface area contributed by atoms with Crippen LogP contribution in [0.2, 0.25) is 0 Å². The molecule has 1 aromatic heterocycles. The van der Waals surface area contributed by atoms with Crippen molar-refractivity contribution in [1.82, 2.24) is 52.4 Å². The number of Topliss-reactive ketones (excluding diaryl/α,β-unsaturated/α-hetero) is 1. The first kappa shape index (κ1) is 63.6. The number of carbonyl (C=O) groups is 10. The smallest absolute Gasteiger partial charge is 0.355 e. The van der Waals surface area contributed by atoms with Gasteiger partial charge in [-0.3, -0.25) is 54.1 Å². The number of carbonyl (C=O) groups excluding carboxylic acids is 10. The van der Waals surface area contributed by atoms with E-state index in [1.165, 1.54) is 19.1 Å². The summed E-state index contributed by atoms with van der Waals surface area (Å²) in [4.78, 5) is 140. The Balaban J connectivity index is 1.02. The highest BCUT2D eigenvalue weighted by Gasteiger charge is 2.54. The number of nitrogens with two attached hydrogens (primary N) is 2. The standard InChI is InChI=1S/C57H78N14O12/c1-6-39(53(80)83-57(7-2)38-27-35-36(49(76)37(38)30-82-54(57)81)26-34-25-33-15-10-11-16-40(33)68-48(34)35)66-45(73)29-62-28-43(31(3)4)70-50(77)32(5)65-51(78)42(18-14-23-64-56(60)61)69-52(79)41(17-13-22-63-55(58)59)67-44(72)19-9-8-12-24-71-46(74)20-21-47(71)75/h10-11,15-16,20-21,25,27,31-32,36,39,41-43,62H,6-9,12-14,17-19,22-24,26,28-30H2,1-5H3,(H,65,78)(H,66,73)(H,67,72)(H,69,79)(H,70,77)(H4,58,59,63)(H4,60,61,64)/t32?,36?,39?,41?,42?,43?,57-/m0/s1. The number of guanidine groups is 2. The van der Waals surface area contributed by atoms with E-state index in [9.17, 15) is 47.9 Å². The maximum absolute atomic E-state index is 14.1. The fraction of sp³-hybridized carbons (Fsp3) is 0.526. The summed E-state index contributed by atoms with van der Waals surface area (Å²) >= 11 is 0. The molecular formula is C57H78N14O12. The average molecular weight is 1150 g/mol. The van der Waals surface area contributed by atoms with Gasteiger partial charge in [0.15, 0.2) is 17.7 Å². The van der Waals surface area contributed by atoms with Crippen LogP contribution in [-0.2, 0) is 63.8 Å². The van der Waals surface area contributed by atoms with E-state index in [0.29, 0.717) is 43.4 Å². The molecule has 0 spiro atoms. The van der Waals surface area contributed by atoms with Gasteiger partial charge in [0.05, 0.1) is 23.7 Å². The SMILES string of the molecule is CCC(NC(=O)CNCC(NC(=O)C(C)NC(=O)C(CCCNC(=N)N)NC(=O)C(CCCNC(=N)N)NC(=O)CCCCCN1C(=O)C=CC1=O)C(C)C)C(=O)O[C@]1(CC)C(=O)OCC2=C1C=C1c3nc4ccccc4cc3CC1C2=O. The molecule has 7 atom stereocenters. The van der Waals surface area contributed by atoms with E-state index in [-0.39, 0.29) is 113 Å². The lowest BCUT2D eigenvalue weighted by atomic mass is 9.75. The molecule has 0 radical (unpaired) electrons. The van der Waals surface area contributed by atoms with Crippen molar-refractivity contribution in [3.05, 3.63) is 71.0 Å². The molecule has 2 aromatic rings. The summed E-state index contributed by atoms with van der Waals surface area (Å²) in [6.07, 6.45) is 6.65. The van der Waals surface area contributed by atoms with Crippen molar-refractivity contribution >= 4 is 87.5 Å². The number of amides is 7. The third kappa shape index (κ3) is 16.6. The number of nitrogens with zero attached hydrogens (tertiary/aromatic N) is 2. The Morgan fingerprint density at radius 3 is 2.07 bits per heavy atom. The Hall–Kier alpha value is -8.55. The molecule has 1 aromatic carbocycles. The number of allylic oxidation sites excluding steroid dienone is 1. The highest BCUT2D eigenvalue weighted by molar-refractivity contribution is 6.13. The molecular weight excluding hydrogens is 1070 g/mol. The van der Waals surface area contributed by atoms with Gasteiger partial charge in [0.25, 0.3) is 11.8 Å². The van der Waals surface area contributed by atoms with Gasteiger partial charge >= 0.3 is 11.9 Å². The third-order valence-electron chi connectivity index (χ3n) is 15.0. The van der Waals surface area contributed by atoms with Crippen LogP contribution in [0.4, 0.5) is 0 Å². The summed E-state index contributed by atoms with van der Waals surface area (Å²) in [5, 5.41) is 37.9. The summed E-state index contributed by atoms with van der Waals surface area (Å²) < 4.78 is 11.6. The second-order valence-corrected chi connectivity index (χ2v) is 21.3. The van der Waals surface area contributed by atoms with Gasteiger partial charge in [-0.2, -0.15) is 0 Å². The molecule has 0 bridgehead atoms. The molecule has 26 heteroatoms. The molecule has 2 aliphatic heterocycles. The number of aromatic nitrogens is 1. The molecule has 83 heavy (non-hydrogen) atoms. The molecule has 3 heterocycles. The number of cyclic esters (lactones) is 1. The number of imide groups is 1. The minimum absolute atomic E-state index is 0.0249. The van der Waals surface area contributed by atoms with Crippen LogP contribution in [0.15, 0.2) is 59.7 Å². The summed E-state index contributed by atoms with van der Waals surface area (Å²) in [5.74, 6) is -7.15. The number of rotatable bonds is 31. The first-order chi connectivity index (χ1) is 39.6. The fourth-order valence-electron chi connectivity index (χ4n) is 10.2. The van der Waals surface area contributed by atoms with Gasteiger partial charge in [-0.1, -0.05) is 52.3 Å². The predicted octanol–water partition coefficient (Wildman–Crippen LogP) is 0.0300. The van der Waals surface area contributed by atoms with Gasteiger partial charge in [-0.15, -0.1) is 0 Å². The minimum atomic E-state index is -1.97. The zero-order valence-corrected chi connectivity index (χ0v) is 47.6. The fourth-order valence-corrected chi connectivity index (χ4v) is 10.2. The van der Waals surface area contributed by atoms with Gasteiger partial charge in [-0.05, 0) is 100.0 Å². The van der Waals surface area contributed by atoms with Crippen LogP contribution in [-0.4, -0.2) is 156 Å². The molecule has 4 aliphatic rings. The monoisotopic (exact) mass is 1150 g/mol. The van der Waals surface area contributed by atoms with E-state index in [1.807, 2.05) is 44.2 Å². The number of ketones is 1. The molecule has 26 nitrogen and oxygen atoms in total. The maximum atomic E-state index is 14.1. The first-order valence-corrected chi connectivity index (χ1v) is 28.3. The van der Waals surface area contributed by atoms with E-state index in [1.54, 1.807) is 19.9 Å². The first-order valence-electron chi connectivity index (χ1n) is 28.3. The van der Waals surface area contributed by atoms with Crippen LogP contribution in [0, 0.1) is 22.7 Å². The number of ether oxygens (including phenoxy) is 2. The number of hydrogen-bond donors (Lipinski definition) is 12. The van der Waals surface area contributed by atoms with E-state index in [2.05, 4.69) is 42.5 Å². The molecule has 6 unspecified atom stereocenters. The molecule has 2 aliphatic carbocycles. The number of pyridine rings is 1. The van der Waals surface area contributed by atoms with Crippen molar-refractivity contribution in [2.45, 2.75) is 141 Å². The minimum Gasteiger partial charge on any atom is -0.457 e. The zero-order chi connectivity index (χ0) is 60.5. The molecule has 7 amide bonds. The van der Waals surface area contributed by atoms with E-state index >= 15 is 0 Å². The molecule has 6 rings (SSSR count). The number of unbranched alkanes of at least 4 members (excludes halogenated alkanes) is 2. The summed E-state index contributed by atoms with van der Waals surface area (Å²) in [6.45, 7) is 8.52. The Bertz CT molecular complexity index is 2940. The molecule has 0 saturated carbocycles. The van der Waals surface area contributed by atoms with Crippen molar-refractivity contribution in [2.75, 3.05) is 39.3 Å². The summed E-state index contributed by atoms with van der Waals surface area (Å²) in [7, 11) is 0. The van der Waals surface area contributed by atoms with Gasteiger partial charge in [0, 0.05) is 67.3 Å². The third-order valence-corrected chi connectivity index (χ3v) is 15.0. The Labute approximate surface area is 481 Å². The second-order valence-electron chi connectivity index (χ2n) is 21.3. The van der Waals surface area contributed by atoms with Gasteiger partial charge in [0.2, 0.25) is 35.1 Å². The number of hydrogen-bond acceptors (Lipinski definition) is 16. The van der Waals surface area contributed by atoms with Crippen molar-refractivity contribution in [2.24, 2.45) is 23.3 Å². The highest BCUT2D eigenvalue weighted by Crippen LogP contribution is 2.47. The van der Waals surface area contributed by atoms with Gasteiger partial charge < -0.3 is 63.5 Å². The van der Waals surface area contributed by atoms with Crippen LogP contribution in [0.3, 0.4) is 0 Å². The van der Waals surface area contributed by atoms with Crippen molar-refractivity contribution < 1.29 is 57.4 Å². The lowest BCUT2D eigenvalue weighted by Crippen LogP contribution is -2.57. The number of benzene rings is 1. The number of esters is 2. The van der Waals surface area contributed by atoms with E-state index in [4.69, 9.17) is 36.7 Å². The van der Waals surface area contributed by atoms with Gasteiger partial charge in [0.1, 0.15) is 30.8 Å². The Kier molecular flexibility index (Phi) is 22.6. The lowest BCUT2D eigenvalue weighted by Gasteiger charge is -2.39. The van der Waals surface area contributed by atoms with Gasteiger partial charge in [-0.25, -0.2) is 14.6 Å². The molecule has 14 N–H and O–H groups in total. The van der Waals surface area contributed by atoms with Crippen LogP contribution in [0.25, 0.3) is 16.5 Å². The zero-order valence-electron chi connectivity index (χ0n) is 47.6. The number of nitrogens with one attached hydrogen (secondary N) is 10. The van der Waals surface area contributed by atoms with Crippen molar-refractivity contribution in [1.29, 1.82) is 10.8 Å². The largest absolute Gasteiger partial charge is 0.457 e. The topological polar surface area (TPSA) is 401 Å². The number of fused-ring (bicyclic) bond motifs is 4. The molecule has 0 fully saturated rings. The second kappa shape index (κ2) is 29.4. The normalized spacial score (nSPS) is 18.8. The predicted molar refractivity (Wildman–Crippen MR) is 305 cm³/mol. The summed E-state index contributed by atoms with van der Waals surface area (Å²) in [5.41, 5.74) is 12.3. The Morgan fingerprint density at radius 2 is 1.43 bits per heavy atom. The molecule has 0 saturated heterocycles. The maximum Gasteiger partial charge on any atom is 0.355 e. The van der Waals surface area contributed by atoms with Crippen LogP contribution in [0.1, 0.15) is 110 Å². The Morgan fingerprint density at radius 1 is 0.795 bits per heavy atom. The van der Waals surface area contributed by atoms with E-state index in [0.717, 1.165) is 21.4 Å². The summed E-state index contributed by atoms with van der Waals surface area (Å²) in [6, 6.07) is 4.36. The lowest BCUT2D eigenvalue weighted by molar-refractivity contribution is -0.181. The van der Waals surface area contributed by atoms with Crippen LogP contribution >= 0.6 is 0 Å². The average Bonchev–Trinajstić information content (AvgIpc) is 2.12. The van der Waals surface area contributed by atoms with E-state index < -0.39 is 95.0 Å². The van der Waals surface area contributed by atoms with Crippen molar-refractivity contribution in [3.63, 3.8) is 0 Å². The van der Waals surface area contributed by atoms with Crippen LogP contribution in [0.5, 0.6) is 0 Å². The quantitative estimate of drug-likeness (QED) is 0.0156. The highest BCUT2D eigenvalue weighted by atomic mass is 16.6. The van der Waals surface area contributed by atoms with Crippen LogP contribution < -0.4 is 54.0 Å². The molecule has 448 valence electrons. The number of para-hydroxylation sites is 1. The van der Waals surface area contributed by atoms with Crippen molar-refractivity contribution in [3.8, 4) is 0 Å².